The first-order chi connectivity index (χ1) is 15.1. The minimum Gasteiger partial charge on any atom is -0.379 e. The lowest BCUT2D eigenvalue weighted by Crippen LogP contribution is -2.47. The highest BCUT2D eigenvalue weighted by atomic mass is 19.4. The van der Waals surface area contributed by atoms with Crippen molar-refractivity contribution in [2.45, 2.75) is 44.8 Å². The molecule has 0 aliphatic carbocycles. The number of anilines is 1. The molecule has 0 saturated carbocycles. The van der Waals surface area contributed by atoms with Crippen molar-refractivity contribution in [1.29, 1.82) is 0 Å². The number of carbonyl (C=O) groups excluding carboxylic acids is 2. The van der Waals surface area contributed by atoms with Crippen molar-refractivity contribution in [1.82, 2.24) is 15.5 Å². The van der Waals surface area contributed by atoms with Crippen molar-refractivity contribution in [3.05, 3.63) is 33.9 Å². The van der Waals surface area contributed by atoms with Gasteiger partial charge >= 0.3 is 6.18 Å². The number of benzene rings is 1. The molecule has 0 atom stereocenters. The fraction of sp³-hybridized carbons (Fsp3) is 0.600. The smallest absolute Gasteiger partial charge is 0.379 e. The first-order valence-corrected chi connectivity index (χ1v) is 10.5. The fourth-order valence-electron chi connectivity index (χ4n) is 3.38. The highest BCUT2D eigenvalue weighted by Gasteiger charge is 2.33. The number of halogens is 3. The molecule has 0 bridgehead atoms. The summed E-state index contributed by atoms with van der Waals surface area (Å²) in [5, 5.41) is 19.5. The molecular weight excluding hydrogens is 431 g/mol. The summed E-state index contributed by atoms with van der Waals surface area (Å²) in [6.07, 6.45) is -2.40. The molecule has 0 radical (unpaired) electrons. The van der Waals surface area contributed by atoms with Gasteiger partial charge in [-0.05, 0) is 31.4 Å². The van der Waals surface area contributed by atoms with Crippen LogP contribution < -0.4 is 16.0 Å². The maximum absolute atomic E-state index is 12.8. The van der Waals surface area contributed by atoms with Crippen molar-refractivity contribution in [3.63, 3.8) is 0 Å². The van der Waals surface area contributed by atoms with Crippen LogP contribution in [0.1, 0.15) is 38.2 Å². The van der Waals surface area contributed by atoms with E-state index in [0.717, 1.165) is 18.6 Å². The highest BCUT2D eigenvalue weighted by molar-refractivity contribution is 5.78. The van der Waals surface area contributed by atoms with Crippen molar-refractivity contribution >= 4 is 23.2 Å². The summed E-state index contributed by atoms with van der Waals surface area (Å²) in [5.74, 6) is -0.274. The van der Waals surface area contributed by atoms with Crippen molar-refractivity contribution in [3.8, 4) is 0 Å². The van der Waals surface area contributed by atoms with Gasteiger partial charge in [-0.15, -0.1) is 0 Å². The number of hydrogen-bond acceptors (Lipinski definition) is 6. The topological polar surface area (TPSA) is 117 Å². The second-order valence-corrected chi connectivity index (χ2v) is 7.63. The molecule has 2 amide bonds. The molecule has 1 heterocycles. The maximum Gasteiger partial charge on any atom is 0.416 e. The van der Waals surface area contributed by atoms with Crippen LogP contribution in [0, 0.1) is 10.1 Å². The molecule has 2 rings (SSSR count). The highest BCUT2D eigenvalue weighted by Crippen LogP contribution is 2.34. The number of alkyl halides is 3. The lowest BCUT2D eigenvalue weighted by molar-refractivity contribution is -0.384. The van der Waals surface area contributed by atoms with E-state index in [4.69, 9.17) is 0 Å². The predicted molar refractivity (Wildman–Crippen MR) is 112 cm³/mol. The molecule has 9 nitrogen and oxygen atoms in total. The Balaban J connectivity index is 1.75. The number of carbonyl (C=O) groups is 2. The van der Waals surface area contributed by atoms with E-state index in [2.05, 4.69) is 16.0 Å². The molecule has 1 aliphatic rings. The number of nitrogens with zero attached hydrogens (tertiary/aromatic N) is 2. The summed E-state index contributed by atoms with van der Waals surface area (Å²) in [5.41, 5.74) is -1.89. The van der Waals surface area contributed by atoms with Crippen molar-refractivity contribution in [2.24, 2.45) is 0 Å². The minimum atomic E-state index is -4.68. The Morgan fingerprint density at radius 1 is 1.19 bits per heavy atom. The van der Waals surface area contributed by atoms with Gasteiger partial charge in [-0.1, -0.05) is 6.92 Å². The third-order valence-electron chi connectivity index (χ3n) is 5.08. The van der Waals surface area contributed by atoms with Gasteiger partial charge in [0, 0.05) is 44.7 Å². The molecule has 178 valence electrons. The third kappa shape index (κ3) is 7.98. The molecule has 0 aromatic heterocycles. The van der Waals surface area contributed by atoms with E-state index in [0.29, 0.717) is 45.1 Å². The van der Waals surface area contributed by atoms with E-state index in [1.807, 2.05) is 11.8 Å². The quantitative estimate of drug-likeness (QED) is 0.366. The second-order valence-electron chi connectivity index (χ2n) is 7.63. The average Bonchev–Trinajstić information content (AvgIpc) is 2.73. The van der Waals surface area contributed by atoms with Crippen LogP contribution in [0.15, 0.2) is 18.2 Å². The predicted octanol–water partition coefficient (Wildman–Crippen LogP) is 2.52. The molecule has 0 unspecified atom stereocenters. The van der Waals surface area contributed by atoms with E-state index in [-0.39, 0.29) is 36.5 Å². The Morgan fingerprint density at radius 2 is 1.88 bits per heavy atom. The van der Waals surface area contributed by atoms with Gasteiger partial charge in [0.15, 0.2) is 0 Å². The van der Waals surface area contributed by atoms with Gasteiger partial charge in [-0.25, -0.2) is 0 Å². The average molecular weight is 459 g/mol. The standard InChI is InChI=1S/C20H28F3N5O4/c1-2-8-25-19(30)13-27-10-6-15(7-11-27)26-18(29)5-9-24-16-4-3-14(20(21,22)23)12-17(16)28(31)32/h3-4,12,15,24H,2,5-11,13H2,1H3,(H,25,30)(H,26,29). The van der Waals surface area contributed by atoms with Crippen LogP contribution in [0.3, 0.4) is 0 Å². The zero-order valence-electron chi connectivity index (χ0n) is 17.8. The zero-order chi connectivity index (χ0) is 23.7. The summed E-state index contributed by atoms with van der Waals surface area (Å²) in [7, 11) is 0. The molecular formula is C20H28F3N5O4. The van der Waals surface area contributed by atoms with Gasteiger partial charge in [0.25, 0.3) is 5.69 Å². The maximum atomic E-state index is 12.8. The first-order valence-electron chi connectivity index (χ1n) is 10.5. The molecule has 0 spiro atoms. The van der Waals surface area contributed by atoms with E-state index >= 15 is 0 Å². The van der Waals surface area contributed by atoms with Crippen LogP contribution in [-0.2, 0) is 15.8 Å². The number of nitrogens with one attached hydrogen (secondary N) is 3. The Bertz CT molecular complexity index is 811. The zero-order valence-corrected chi connectivity index (χ0v) is 17.8. The minimum absolute atomic E-state index is 0.0117. The van der Waals surface area contributed by atoms with E-state index in [1.165, 1.54) is 0 Å². The number of piperidine rings is 1. The van der Waals surface area contributed by atoms with E-state index < -0.39 is 22.4 Å². The SMILES string of the molecule is CCCNC(=O)CN1CCC(NC(=O)CCNc2ccc(C(F)(F)F)cc2[N+](=O)[O-])CC1. The molecule has 1 fully saturated rings. The van der Waals surface area contributed by atoms with Crippen molar-refractivity contribution < 1.29 is 27.7 Å². The number of likely N-dealkylation sites (tertiary alicyclic amines) is 1. The molecule has 1 aliphatic heterocycles. The van der Waals surface area contributed by atoms with Crippen LogP contribution >= 0.6 is 0 Å². The molecule has 1 saturated heterocycles. The van der Waals surface area contributed by atoms with Gasteiger partial charge in [0.1, 0.15) is 5.69 Å². The fourth-order valence-corrected chi connectivity index (χ4v) is 3.38. The molecule has 3 N–H and O–H groups in total. The normalized spacial score (nSPS) is 15.2. The van der Waals surface area contributed by atoms with Gasteiger partial charge in [-0.2, -0.15) is 13.2 Å². The molecule has 32 heavy (non-hydrogen) atoms. The summed E-state index contributed by atoms with van der Waals surface area (Å²) >= 11 is 0. The van der Waals surface area contributed by atoms with Crippen molar-refractivity contribution in [2.75, 3.05) is 38.0 Å². The Hall–Kier alpha value is -2.89. The van der Waals surface area contributed by atoms with Crippen LogP contribution in [0.25, 0.3) is 0 Å². The summed E-state index contributed by atoms with van der Waals surface area (Å²) in [6, 6.07) is 2.19. The monoisotopic (exact) mass is 459 g/mol. The summed E-state index contributed by atoms with van der Waals surface area (Å²) < 4.78 is 38.3. The number of hydrogen-bond donors (Lipinski definition) is 3. The van der Waals surface area contributed by atoms with Crippen LogP contribution in [-0.4, -0.2) is 60.4 Å². The Labute approximate surface area is 183 Å². The summed E-state index contributed by atoms with van der Waals surface area (Å²) in [4.78, 5) is 36.2. The molecule has 1 aromatic carbocycles. The first kappa shape index (κ1) is 25.4. The lowest BCUT2D eigenvalue weighted by atomic mass is 10.0. The lowest BCUT2D eigenvalue weighted by Gasteiger charge is -2.31. The Kier molecular flexibility index (Phi) is 9.24. The molecule has 1 aromatic rings. The van der Waals surface area contributed by atoms with Gasteiger partial charge in [0.05, 0.1) is 17.0 Å². The third-order valence-corrected chi connectivity index (χ3v) is 5.08. The van der Waals surface area contributed by atoms with Crippen LogP contribution in [0.5, 0.6) is 0 Å². The number of amides is 2. The second kappa shape index (κ2) is 11.7. The van der Waals surface area contributed by atoms with E-state index in [1.54, 1.807) is 0 Å². The van der Waals surface area contributed by atoms with Crippen LogP contribution in [0.2, 0.25) is 0 Å². The van der Waals surface area contributed by atoms with Gasteiger partial charge in [-0.3, -0.25) is 24.6 Å². The number of rotatable bonds is 10. The number of nitro benzene ring substituents is 1. The number of nitro groups is 1. The van der Waals surface area contributed by atoms with E-state index in [9.17, 15) is 32.9 Å². The Morgan fingerprint density at radius 3 is 2.47 bits per heavy atom. The van der Waals surface area contributed by atoms with Crippen LogP contribution in [0.4, 0.5) is 24.5 Å². The molecule has 12 heteroatoms. The van der Waals surface area contributed by atoms with Gasteiger partial charge in [0.2, 0.25) is 11.8 Å². The summed E-state index contributed by atoms with van der Waals surface area (Å²) in [6.45, 7) is 4.36. The van der Waals surface area contributed by atoms with Gasteiger partial charge < -0.3 is 16.0 Å². The largest absolute Gasteiger partial charge is 0.416 e.